The number of carbonyl (C=O) groups is 1. The van der Waals surface area contributed by atoms with Crippen molar-refractivity contribution >= 4 is 50.8 Å². The molecule has 8 heteroatoms. The average molecular weight is 422 g/mol. The topological polar surface area (TPSA) is 64.0 Å². The van der Waals surface area contributed by atoms with Gasteiger partial charge in [-0.05, 0) is 35.9 Å². The standard InChI is InChI=1S/C19H20ClN3O2S2/c1-12(2)7-9-21-16(24)11-27-19-22-14-8-10-26-17(14)18(25)23(19)15-6-4-3-5-13(15)20/h3-6,8,10,12H,7,9,11H2,1-2H3,(H,21,24). The van der Waals surface area contributed by atoms with Crippen molar-refractivity contribution in [2.75, 3.05) is 12.3 Å². The van der Waals surface area contributed by atoms with Crippen LogP contribution >= 0.6 is 34.7 Å². The minimum Gasteiger partial charge on any atom is -0.355 e. The largest absolute Gasteiger partial charge is 0.355 e. The highest BCUT2D eigenvalue weighted by molar-refractivity contribution is 7.99. The summed E-state index contributed by atoms with van der Waals surface area (Å²) in [5, 5.41) is 5.65. The van der Waals surface area contributed by atoms with Crippen LogP contribution in [0.4, 0.5) is 0 Å². The van der Waals surface area contributed by atoms with Gasteiger partial charge < -0.3 is 5.32 Å². The zero-order valence-corrected chi connectivity index (χ0v) is 17.5. The highest BCUT2D eigenvalue weighted by Gasteiger charge is 2.17. The van der Waals surface area contributed by atoms with Crippen molar-refractivity contribution in [1.29, 1.82) is 0 Å². The van der Waals surface area contributed by atoms with Gasteiger partial charge in [-0.25, -0.2) is 4.98 Å². The minimum atomic E-state index is -0.175. The van der Waals surface area contributed by atoms with Crippen molar-refractivity contribution in [2.24, 2.45) is 5.92 Å². The number of para-hydroxylation sites is 1. The Morgan fingerprint density at radius 1 is 1.33 bits per heavy atom. The molecule has 0 aliphatic carbocycles. The number of hydrogen-bond acceptors (Lipinski definition) is 5. The summed E-state index contributed by atoms with van der Waals surface area (Å²) in [6.45, 7) is 4.87. The maximum absolute atomic E-state index is 13.0. The van der Waals surface area contributed by atoms with Crippen LogP contribution in [0.25, 0.3) is 15.9 Å². The van der Waals surface area contributed by atoms with Crippen molar-refractivity contribution in [3.63, 3.8) is 0 Å². The van der Waals surface area contributed by atoms with Crippen LogP contribution in [0.15, 0.2) is 45.7 Å². The summed E-state index contributed by atoms with van der Waals surface area (Å²) in [7, 11) is 0. The van der Waals surface area contributed by atoms with Crippen LogP contribution in [0.1, 0.15) is 20.3 Å². The van der Waals surface area contributed by atoms with Gasteiger partial charge in [0.1, 0.15) is 4.70 Å². The number of thiophene rings is 1. The molecule has 27 heavy (non-hydrogen) atoms. The molecule has 0 unspecified atom stereocenters. The highest BCUT2D eigenvalue weighted by Crippen LogP contribution is 2.26. The summed E-state index contributed by atoms with van der Waals surface area (Å²) in [6.07, 6.45) is 0.930. The van der Waals surface area contributed by atoms with Gasteiger partial charge >= 0.3 is 0 Å². The molecule has 0 aliphatic rings. The minimum absolute atomic E-state index is 0.0778. The lowest BCUT2D eigenvalue weighted by Crippen LogP contribution is -2.28. The first kappa shape index (κ1) is 19.9. The van der Waals surface area contributed by atoms with Crippen LogP contribution in [0.3, 0.4) is 0 Å². The summed E-state index contributed by atoms with van der Waals surface area (Å²) in [4.78, 5) is 29.7. The van der Waals surface area contributed by atoms with E-state index < -0.39 is 0 Å². The van der Waals surface area contributed by atoms with Crippen LogP contribution < -0.4 is 10.9 Å². The van der Waals surface area contributed by atoms with Crippen LogP contribution in [-0.2, 0) is 4.79 Å². The van der Waals surface area contributed by atoms with E-state index >= 15 is 0 Å². The maximum Gasteiger partial charge on any atom is 0.276 e. The Kier molecular flexibility index (Phi) is 6.57. The van der Waals surface area contributed by atoms with Gasteiger partial charge in [0, 0.05) is 6.54 Å². The van der Waals surface area contributed by atoms with Gasteiger partial charge in [-0.3, -0.25) is 14.2 Å². The van der Waals surface area contributed by atoms with Crippen LogP contribution in [0.5, 0.6) is 0 Å². The molecule has 142 valence electrons. The lowest BCUT2D eigenvalue weighted by atomic mass is 10.1. The number of fused-ring (bicyclic) bond motifs is 1. The van der Waals surface area contributed by atoms with E-state index in [4.69, 9.17) is 11.6 Å². The van der Waals surface area contributed by atoms with E-state index in [1.165, 1.54) is 27.7 Å². The SMILES string of the molecule is CC(C)CCNC(=O)CSc1nc2ccsc2c(=O)n1-c1ccccc1Cl. The molecule has 0 bridgehead atoms. The molecular weight excluding hydrogens is 402 g/mol. The summed E-state index contributed by atoms with van der Waals surface area (Å²) in [5.74, 6) is 0.641. The zero-order chi connectivity index (χ0) is 19.4. The third-order valence-corrected chi connectivity index (χ3v) is 6.07. The first-order valence-electron chi connectivity index (χ1n) is 8.62. The number of amides is 1. The number of benzene rings is 1. The molecule has 1 amide bonds. The van der Waals surface area contributed by atoms with E-state index in [9.17, 15) is 9.59 Å². The van der Waals surface area contributed by atoms with Crippen molar-refractivity contribution in [3.8, 4) is 5.69 Å². The van der Waals surface area contributed by atoms with E-state index in [-0.39, 0.29) is 17.2 Å². The summed E-state index contributed by atoms with van der Waals surface area (Å²) in [6, 6.07) is 8.94. The third kappa shape index (κ3) is 4.72. The number of halogens is 1. The van der Waals surface area contributed by atoms with Gasteiger partial charge in [-0.1, -0.05) is 49.3 Å². The highest BCUT2D eigenvalue weighted by atomic mass is 35.5. The van der Waals surface area contributed by atoms with Gasteiger partial charge in [0.15, 0.2) is 5.16 Å². The molecule has 1 aromatic carbocycles. The molecular formula is C19H20ClN3O2S2. The molecule has 2 aromatic heterocycles. The Labute approximate surface area is 170 Å². The molecule has 0 spiro atoms. The Morgan fingerprint density at radius 2 is 2.11 bits per heavy atom. The van der Waals surface area contributed by atoms with Gasteiger partial charge in [-0.2, -0.15) is 0 Å². The first-order valence-corrected chi connectivity index (χ1v) is 10.9. The van der Waals surface area contributed by atoms with Crippen molar-refractivity contribution in [2.45, 2.75) is 25.4 Å². The number of rotatable bonds is 7. The molecule has 0 saturated carbocycles. The zero-order valence-electron chi connectivity index (χ0n) is 15.1. The molecule has 3 rings (SSSR count). The maximum atomic E-state index is 13.0. The van der Waals surface area contributed by atoms with Crippen molar-refractivity contribution in [3.05, 3.63) is 51.1 Å². The van der Waals surface area contributed by atoms with Gasteiger partial charge in [0.25, 0.3) is 5.56 Å². The van der Waals surface area contributed by atoms with Crippen LogP contribution in [0, 0.1) is 5.92 Å². The van der Waals surface area contributed by atoms with Gasteiger partial charge in [-0.15, -0.1) is 11.3 Å². The van der Waals surface area contributed by atoms with Crippen molar-refractivity contribution in [1.82, 2.24) is 14.9 Å². The van der Waals surface area contributed by atoms with E-state index in [0.29, 0.717) is 38.5 Å². The van der Waals surface area contributed by atoms with Crippen LogP contribution in [0.2, 0.25) is 5.02 Å². The Hall–Kier alpha value is -1.83. The number of hydrogen-bond donors (Lipinski definition) is 1. The second-order valence-corrected chi connectivity index (χ2v) is 8.71. The molecule has 1 N–H and O–H groups in total. The lowest BCUT2D eigenvalue weighted by Gasteiger charge is -2.13. The van der Waals surface area contributed by atoms with E-state index in [2.05, 4.69) is 24.1 Å². The summed E-state index contributed by atoms with van der Waals surface area (Å²) < 4.78 is 2.06. The second-order valence-electron chi connectivity index (χ2n) is 6.44. The summed E-state index contributed by atoms with van der Waals surface area (Å²) in [5.41, 5.74) is 1.02. The molecule has 5 nitrogen and oxygen atoms in total. The fourth-order valence-electron chi connectivity index (χ4n) is 2.52. The van der Waals surface area contributed by atoms with Gasteiger partial charge in [0.2, 0.25) is 5.91 Å². The number of carbonyl (C=O) groups excluding carboxylic acids is 1. The van der Waals surface area contributed by atoms with E-state index in [0.717, 1.165) is 6.42 Å². The summed E-state index contributed by atoms with van der Waals surface area (Å²) >= 11 is 8.90. The smallest absolute Gasteiger partial charge is 0.276 e. The lowest BCUT2D eigenvalue weighted by molar-refractivity contribution is -0.118. The molecule has 0 radical (unpaired) electrons. The number of thioether (sulfide) groups is 1. The molecule has 0 atom stereocenters. The van der Waals surface area contributed by atoms with E-state index in [1.807, 2.05) is 23.6 Å². The number of nitrogens with zero attached hydrogens (tertiary/aromatic N) is 2. The monoisotopic (exact) mass is 421 g/mol. The molecule has 3 aromatic rings. The molecule has 0 fully saturated rings. The Bertz CT molecular complexity index is 1010. The van der Waals surface area contributed by atoms with E-state index in [1.54, 1.807) is 12.1 Å². The number of aromatic nitrogens is 2. The van der Waals surface area contributed by atoms with Crippen molar-refractivity contribution < 1.29 is 4.79 Å². The quantitative estimate of drug-likeness (QED) is 0.455. The van der Waals surface area contributed by atoms with Gasteiger partial charge in [0.05, 0.1) is 22.0 Å². The Balaban J connectivity index is 1.90. The normalized spacial score (nSPS) is 11.3. The Morgan fingerprint density at radius 3 is 2.85 bits per heavy atom. The number of nitrogens with one attached hydrogen (secondary N) is 1. The predicted molar refractivity (Wildman–Crippen MR) is 113 cm³/mol. The first-order chi connectivity index (χ1) is 13.0. The fraction of sp³-hybridized carbons (Fsp3) is 0.316. The third-order valence-electron chi connectivity index (χ3n) is 3.92. The predicted octanol–water partition coefficient (Wildman–Crippen LogP) is 4.36. The fourth-order valence-corrected chi connectivity index (χ4v) is 4.33. The molecule has 2 heterocycles. The van der Waals surface area contributed by atoms with Crippen LogP contribution in [-0.4, -0.2) is 27.8 Å². The molecule has 0 aliphatic heterocycles. The average Bonchev–Trinajstić information content (AvgIpc) is 3.10. The molecule has 0 saturated heterocycles. The second kappa shape index (κ2) is 8.91.